The van der Waals surface area contributed by atoms with Crippen LogP contribution in [0.15, 0.2) is 17.3 Å². The first-order valence-electron chi connectivity index (χ1n) is 6.72. The van der Waals surface area contributed by atoms with E-state index < -0.39 is 16.5 Å². The number of aliphatic imine (C=N–C) groups is 1. The second kappa shape index (κ2) is 11.3. The Morgan fingerprint density at radius 1 is 1.06 bits per heavy atom. The average molecular weight is 281 g/mol. The maximum atomic E-state index is 4.32. The molecule has 0 fully saturated rings. The Kier molecular flexibility index (Phi) is 11.2. The van der Waals surface area contributed by atoms with E-state index in [1.807, 2.05) is 6.21 Å². The second-order valence-corrected chi connectivity index (χ2v) is 11.7. The number of hydrogen-bond donors (Lipinski definition) is 0. The van der Waals surface area contributed by atoms with Crippen LogP contribution in [0.1, 0.15) is 40.5 Å². The molecule has 0 saturated carbocycles. The fraction of sp³-hybridized carbons (Fsp3) is 0.769. The first-order valence-corrected chi connectivity index (χ1v) is 11.2. The SMILES string of the molecule is CCCN=C/C=C\[N](CCC)[Ga]([CH2]C)[CH2]C. The summed E-state index contributed by atoms with van der Waals surface area (Å²) in [6.45, 7) is 11.3. The van der Waals surface area contributed by atoms with Crippen LogP contribution in [0.5, 0.6) is 0 Å². The van der Waals surface area contributed by atoms with Gasteiger partial charge in [0.1, 0.15) is 0 Å². The van der Waals surface area contributed by atoms with E-state index >= 15 is 0 Å². The summed E-state index contributed by atoms with van der Waals surface area (Å²) in [4.78, 5) is 7.12. The number of nitrogens with zero attached hydrogens (tertiary/aromatic N) is 2. The van der Waals surface area contributed by atoms with E-state index in [-0.39, 0.29) is 0 Å². The monoisotopic (exact) mass is 280 g/mol. The van der Waals surface area contributed by atoms with Gasteiger partial charge in [0, 0.05) is 0 Å². The van der Waals surface area contributed by atoms with Crippen LogP contribution < -0.4 is 0 Å². The molecule has 0 heterocycles. The molecule has 92 valence electrons. The molecule has 0 unspecified atom stereocenters. The van der Waals surface area contributed by atoms with Crippen molar-refractivity contribution in [2.24, 2.45) is 4.99 Å². The zero-order chi connectivity index (χ0) is 12.2. The Morgan fingerprint density at radius 2 is 1.75 bits per heavy atom. The van der Waals surface area contributed by atoms with Crippen molar-refractivity contribution < 1.29 is 0 Å². The molecule has 0 N–H and O–H groups in total. The molecular formula is C13H27GaN2. The normalized spacial score (nSPS) is 11.5. The van der Waals surface area contributed by atoms with Gasteiger partial charge in [0.05, 0.1) is 0 Å². The first kappa shape index (κ1) is 15.8. The molecule has 0 bridgehead atoms. The molecular weight excluding hydrogens is 254 g/mol. The van der Waals surface area contributed by atoms with Crippen molar-refractivity contribution in [3.05, 3.63) is 12.3 Å². The molecule has 0 rings (SSSR count). The van der Waals surface area contributed by atoms with E-state index in [2.05, 4.69) is 48.6 Å². The fourth-order valence-electron chi connectivity index (χ4n) is 1.81. The summed E-state index contributed by atoms with van der Waals surface area (Å²) in [5, 5.41) is 0. The quantitative estimate of drug-likeness (QED) is 0.464. The number of hydrogen-bond acceptors (Lipinski definition) is 2. The summed E-state index contributed by atoms with van der Waals surface area (Å²) in [5.74, 6) is 0. The molecule has 0 saturated heterocycles. The van der Waals surface area contributed by atoms with E-state index in [4.69, 9.17) is 0 Å². The molecule has 3 heteroatoms. The topological polar surface area (TPSA) is 15.6 Å². The molecule has 0 spiro atoms. The summed E-state index contributed by atoms with van der Waals surface area (Å²) in [7, 11) is 0. The van der Waals surface area contributed by atoms with Crippen molar-refractivity contribution in [1.82, 2.24) is 3.61 Å². The van der Waals surface area contributed by atoms with E-state index in [1.54, 1.807) is 0 Å². The van der Waals surface area contributed by atoms with Crippen LogP contribution >= 0.6 is 0 Å². The second-order valence-electron chi connectivity index (χ2n) is 4.10. The number of rotatable bonds is 9. The van der Waals surface area contributed by atoms with Crippen molar-refractivity contribution in [3.8, 4) is 0 Å². The van der Waals surface area contributed by atoms with Crippen LogP contribution in [0.25, 0.3) is 0 Å². The van der Waals surface area contributed by atoms with Crippen molar-refractivity contribution in [3.63, 3.8) is 0 Å². The minimum absolute atomic E-state index is 0.949. The van der Waals surface area contributed by atoms with Gasteiger partial charge in [0.2, 0.25) is 0 Å². The van der Waals surface area contributed by atoms with Crippen molar-refractivity contribution in [2.75, 3.05) is 13.1 Å². The predicted molar refractivity (Wildman–Crippen MR) is 76.5 cm³/mol. The summed E-state index contributed by atoms with van der Waals surface area (Å²) in [5.41, 5.74) is 0. The molecule has 0 aromatic rings. The molecule has 0 aliphatic heterocycles. The Balaban J connectivity index is 4.19. The van der Waals surface area contributed by atoms with Gasteiger partial charge < -0.3 is 0 Å². The molecule has 0 radical (unpaired) electrons. The Morgan fingerprint density at radius 3 is 2.25 bits per heavy atom. The molecule has 0 aromatic carbocycles. The molecule has 0 aliphatic carbocycles. The third kappa shape index (κ3) is 7.17. The van der Waals surface area contributed by atoms with Gasteiger partial charge in [-0.05, 0) is 0 Å². The Bertz CT molecular complexity index is 198. The van der Waals surface area contributed by atoms with E-state index in [1.165, 1.54) is 22.9 Å². The maximum absolute atomic E-state index is 4.32. The summed E-state index contributed by atoms with van der Waals surface area (Å²) < 4.78 is 2.63. The van der Waals surface area contributed by atoms with Gasteiger partial charge in [-0.25, -0.2) is 0 Å². The molecule has 16 heavy (non-hydrogen) atoms. The van der Waals surface area contributed by atoms with E-state index in [0.717, 1.165) is 13.0 Å². The van der Waals surface area contributed by atoms with Gasteiger partial charge >= 0.3 is 107 Å². The first-order chi connectivity index (χ1) is 7.79. The predicted octanol–water partition coefficient (Wildman–Crippen LogP) is 3.72. The van der Waals surface area contributed by atoms with Gasteiger partial charge in [0.15, 0.2) is 0 Å². The molecule has 0 atom stereocenters. The summed E-state index contributed by atoms with van der Waals surface area (Å²) in [6.07, 6.45) is 8.73. The zero-order valence-electron chi connectivity index (χ0n) is 11.4. The molecule has 2 nitrogen and oxygen atoms in total. The van der Waals surface area contributed by atoms with Crippen LogP contribution in [0.4, 0.5) is 0 Å². The standard InChI is InChI=1S/C9H17N2.2C2H5.Ga/c1-3-6-10-8-5-9-11-7-4-2;2*1-2;/h5,8-9H,3-4,6-7H2,1-2H3;2*1H2,2H3;/q-1;;;+1/b8-5-,11-9?;;;. The van der Waals surface area contributed by atoms with Gasteiger partial charge in [-0.2, -0.15) is 0 Å². The van der Waals surface area contributed by atoms with Gasteiger partial charge in [-0.15, -0.1) is 0 Å². The third-order valence-electron chi connectivity index (χ3n) is 2.72. The molecule has 0 amide bonds. The van der Waals surface area contributed by atoms with Crippen LogP contribution in [0.3, 0.4) is 0 Å². The van der Waals surface area contributed by atoms with E-state index in [0.29, 0.717) is 0 Å². The Labute approximate surface area is 107 Å². The average Bonchev–Trinajstić information content (AvgIpc) is 2.30. The summed E-state index contributed by atoms with van der Waals surface area (Å²) >= 11 is -1.18. The van der Waals surface area contributed by atoms with E-state index in [9.17, 15) is 0 Å². The Hall–Kier alpha value is -0.154. The van der Waals surface area contributed by atoms with Crippen LogP contribution in [-0.4, -0.2) is 39.4 Å². The fourth-order valence-corrected chi connectivity index (χ4v) is 7.01. The van der Waals surface area contributed by atoms with Crippen molar-refractivity contribution in [1.29, 1.82) is 0 Å². The zero-order valence-corrected chi connectivity index (χ0v) is 13.9. The van der Waals surface area contributed by atoms with Crippen LogP contribution in [0, 0.1) is 0 Å². The molecule has 0 aromatic heterocycles. The van der Waals surface area contributed by atoms with Gasteiger partial charge in [-0.3, -0.25) is 0 Å². The summed E-state index contributed by atoms with van der Waals surface area (Å²) in [6, 6.07) is 0. The third-order valence-corrected chi connectivity index (χ3v) is 9.54. The van der Waals surface area contributed by atoms with Gasteiger partial charge in [0.25, 0.3) is 0 Å². The number of allylic oxidation sites excluding steroid dienone is 1. The minimum atomic E-state index is -1.18. The van der Waals surface area contributed by atoms with Crippen LogP contribution in [0.2, 0.25) is 9.95 Å². The van der Waals surface area contributed by atoms with Crippen molar-refractivity contribution in [2.45, 2.75) is 50.5 Å². The van der Waals surface area contributed by atoms with Crippen LogP contribution in [-0.2, 0) is 0 Å². The molecule has 0 aliphatic rings. The van der Waals surface area contributed by atoms with Crippen molar-refractivity contribution >= 4 is 22.7 Å². The van der Waals surface area contributed by atoms with Gasteiger partial charge in [-0.1, -0.05) is 0 Å².